The Morgan fingerprint density at radius 1 is 1.40 bits per heavy atom. The molecule has 2 rings (SSSR count). The van der Waals surface area contributed by atoms with Crippen LogP contribution in [0.4, 0.5) is 0 Å². The van der Waals surface area contributed by atoms with Crippen molar-refractivity contribution in [2.24, 2.45) is 0 Å². The molecule has 4 heteroatoms. The van der Waals surface area contributed by atoms with Crippen molar-refractivity contribution in [2.45, 2.75) is 37.8 Å². The van der Waals surface area contributed by atoms with E-state index in [1.165, 1.54) is 12.8 Å². The summed E-state index contributed by atoms with van der Waals surface area (Å²) in [5, 5.41) is 3.30. The molecule has 0 radical (unpaired) electrons. The highest BCUT2D eigenvalue weighted by molar-refractivity contribution is 5.82. The first-order valence-corrected chi connectivity index (χ1v) is 5.86. The third-order valence-electron chi connectivity index (χ3n) is 3.40. The van der Waals surface area contributed by atoms with Crippen molar-refractivity contribution in [1.29, 1.82) is 0 Å². The van der Waals surface area contributed by atoms with Crippen LogP contribution in [-0.4, -0.2) is 49.7 Å². The van der Waals surface area contributed by atoms with Gasteiger partial charge in [-0.3, -0.25) is 4.79 Å². The van der Waals surface area contributed by atoms with Crippen LogP contribution >= 0.6 is 0 Å². The summed E-state index contributed by atoms with van der Waals surface area (Å²) in [6.45, 7) is 2.61. The molecule has 15 heavy (non-hydrogen) atoms. The zero-order valence-electron chi connectivity index (χ0n) is 9.37. The van der Waals surface area contributed by atoms with Gasteiger partial charge in [-0.2, -0.15) is 0 Å². The molecule has 0 aliphatic carbocycles. The lowest BCUT2D eigenvalue weighted by atomic mass is 10.0. The average molecular weight is 212 g/mol. The fourth-order valence-electron chi connectivity index (χ4n) is 2.40. The normalized spacial score (nSPS) is 31.9. The topological polar surface area (TPSA) is 41.6 Å². The van der Waals surface area contributed by atoms with E-state index in [1.54, 1.807) is 7.11 Å². The number of nitrogens with one attached hydrogen (secondary N) is 1. The Kier molecular flexibility index (Phi) is 3.59. The Labute approximate surface area is 91.0 Å². The van der Waals surface area contributed by atoms with Gasteiger partial charge in [-0.15, -0.1) is 0 Å². The van der Waals surface area contributed by atoms with Crippen LogP contribution in [0.5, 0.6) is 0 Å². The van der Waals surface area contributed by atoms with E-state index >= 15 is 0 Å². The monoisotopic (exact) mass is 212 g/mol. The standard InChI is InChI=1S/C11H20N2O2/c1-15-9-5-7-13(8-9)11(14)10-4-2-3-6-12-10/h9-10,12H,2-8H2,1H3/t9?,10-/m1/s1. The average Bonchev–Trinajstić information content (AvgIpc) is 2.78. The van der Waals surface area contributed by atoms with Gasteiger partial charge in [0.2, 0.25) is 5.91 Å². The third kappa shape index (κ3) is 2.49. The minimum atomic E-state index is 0.0642. The van der Waals surface area contributed by atoms with Gasteiger partial charge in [0.05, 0.1) is 12.1 Å². The van der Waals surface area contributed by atoms with Crippen molar-refractivity contribution in [1.82, 2.24) is 10.2 Å². The number of methoxy groups -OCH3 is 1. The number of carbonyl (C=O) groups excluding carboxylic acids is 1. The molecule has 2 fully saturated rings. The largest absolute Gasteiger partial charge is 0.380 e. The van der Waals surface area contributed by atoms with Gasteiger partial charge < -0.3 is 15.0 Å². The number of ether oxygens (including phenoxy) is 1. The molecule has 2 heterocycles. The highest BCUT2D eigenvalue weighted by Crippen LogP contribution is 2.16. The Balaban J connectivity index is 1.85. The van der Waals surface area contributed by atoms with Crippen LogP contribution < -0.4 is 5.32 Å². The molecule has 86 valence electrons. The number of nitrogens with zero attached hydrogens (tertiary/aromatic N) is 1. The predicted molar refractivity (Wildman–Crippen MR) is 57.6 cm³/mol. The number of hydrogen-bond donors (Lipinski definition) is 1. The van der Waals surface area contributed by atoms with E-state index in [2.05, 4.69) is 5.32 Å². The Hall–Kier alpha value is -0.610. The lowest BCUT2D eigenvalue weighted by Crippen LogP contribution is -2.48. The van der Waals surface area contributed by atoms with Crippen molar-refractivity contribution >= 4 is 5.91 Å². The molecule has 1 amide bonds. The van der Waals surface area contributed by atoms with Gasteiger partial charge in [0.25, 0.3) is 0 Å². The number of rotatable bonds is 2. The van der Waals surface area contributed by atoms with Gasteiger partial charge >= 0.3 is 0 Å². The van der Waals surface area contributed by atoms with Gasteiger partial charge in [0, 0.05) is 20.2 Å². The first kappa shape index (κ1) is 10.9. The van der Waals surface area contributed by atoms with Gasteiger partial charge in [-0.1, -0.05) is 6.42 Å². The lowest BCUT2D eigenvalue weighted by Gasteiger charge is -2.27. The SMILES string of the molecule is COC1CCN(C(=O)[C@H]2CCCCN2)C1. The third-order valence-corrected chi connectivity index (χ3v) is 3.40. The van der Waals surface area contributed by atoms with Crippen LogP contribution in [0.25, 0.3) is 0 Å². The van der Waals surface area contributed by atoms with E-state index in [-0.39, 0.29) is 18.1 Å². The summed E-state index contributed by atoms with van der Waals surface area (Å²) in [5.74, 6) is 0.272. The number of amides is 1. The Bertz CT molecular complexity index is 227. The molecule has 0 saturated carbocycles. The van der Waals surface area contributed by atoms with Crippen molar-refractivity contribution < 1.29 is 9.53 Å². The second-order valence-corrected chi connectivity index (χ2v) is 4.43. The van der Waals surface area contributed by atoms with E-state index in [0.717, 1.165) is 32.5 Å². The van der Waals surface area contributed by atoms with Gasteiger partial charge in [0.1, 0.15) is 0 Å². The van der Waals surface area contributed by atoms with E-state index in [4.69, 9.17) is 4.74 Å². The molecule has 0 aromatic carbocycles. The first-order valence-electron chi connectivity index (χ1n) is 5.86. The molecular formula is C11H20N2O2. The van der Waals surface area contributed by atoms with Crippen molar-refractivity contribution in [2.75, 3.05) is 26.7 Å². The maximum atomic E-state index is 12.1. The summed E-state index contributed by atoms with van der Waals surface area (Å²) in [6.07, 6.45) is 4.59. The van der Waals surface area contributed by atoms with Gasteiger partial charge in [-0.05, 0) is 25.8 Å². The van der Waals surface area contributed by atoms with Crippen LogP contribution in [0.3, 0.4) is 0 Å². The summed E-state index contributed by atoms with van der Waals surface area (Å²) in [6, 6.07) is 0.0642. The van der Waals surface area contributed by atoms with E-state index in [0.29, 0.717) is 0 Å². The maximum Gasteiger partial charge on any atom is 0.239 e. The minimum Gasteiger partial charge on any atom is -0.380 e. The molecule has 0 bridgehead atoms. The minimum absolute atomic E-state index is 0.0642. The summed E-state index contributed by atoms with van der Waals surface area (Å²) < 4.78 is 5.26. The summed E-state index contributed by atoms with van der Waals surface area (Å²) in [4.78, 5) is 14.0. The molecule has 1 unspecified atom stereocenters. The maximum absolute atomic E-state index is 12.1. The van der Waals surface area contributed by atoms with E-state index in [1.807, 2.05) is 4.90 Å². The molecule has 0 aromatic heterocycles. The van der Waals surface area contributed by atoms with Crippen molar-refractivity contribution in [3.63, 3.8) is 0 Å². The van der Waals surface area contributed by atoms with Crippen molar-refractivity contribution in [3.8, 4) is 0 Å². The number of hydrogen-bond acceptors (Lipinski definition) is 3. The molecular weight excluding hydrogens is 192 g/mol. The Morgan fingerprint density at radius 2 is 2.27 bits per heavy atom. The first-order chi connectivity index (χ1) is 7.31. The highest BCUT2D eigenvalue weighted by Gasteiger charge is 2.31. The van der Waals surface area contributed by atoms with Crippen LogP contribution in [0.2, 0.25) is 0 Å². The van der Waals surface area contributed by atoms with Gasteiger partial charge in [0.15, 0.2) is 0 Å². The second-order valence-electron chi connectivity index (χ2n) is 4.43. The predicted octanol–water partition coefficient (Wildman–Crippen LogP) is 0.376. The van der Waals surface area contributed by atoms with Crippen LogP contribution in [0.1, 0.15) is 25.7 Å². The van der Waals surface area contributed by atoms with Gasteiger partial charge in [-0.25, -0.2) is 0 Å². The van der Waals surface area contributed by atoms with Crippen LogP contribution in [-0.2, 0) is 9.53 Å². The molecule has 2 atom stereocenters. The fraction of sp³-hybridized carbons (Fsp3) is 0.909. The molecule has 2 aliphatic rings. The van der Waals surface area contributed by atoms with E-state index < -0.39 is 0 Å². The number of likely N-dealkylation sites (tertiary alicyclic amines) is 1. The van der Waals surface area contributed by atoms with E-state index in [9.17, 15) is 4.79 Å². The molecule has 1 N–H and O–H groups in total. The molecule has 4 nitrogen and oxygen atoms in total. The second kappa shape index (κ2) is 4.94. The fourth-order valence-corrected chi connectivity index (χ4v) is 2.40. The molecule has 2 saturated heterocycles. The summed E-state index contributed by atoms with van der Waals surface area (Å²) >= 11 is 0. The smallest absolute Gasteiger partial charge is 0.239 e. The zero-order valence-corrected chi connectivity index (χ0v) is 9.37. The molecule has 2 aliphatic heterocycles. The van der Waals surface area contributed by atoms with Crippen LogP contribution in [0.15, 0.2) is 0 Å². The Morgan fingerprint density at radius 3 is 2.87 bits per heavy atom. The summed E-state index contributed by atoms with van der Waals surface area (Å²) in [5.41, 5.74) is 0. The highest BCUT2D eigenvalue weighted by atomic mass is 16.5. The summed E-state index contributed by atoms with van der Waals surface area (Å²) in [7, 11) is 1.72. The quantitative estimate of drug-likeness (QED) is 0.719. The molecule has 0 spiro atoms. The number of carbonyl (C=O) groups is 1. The zero-order chi connectivity index (χ0) is 10.7. The number of piperidine rings is 1. The van der Waals surface area contributed by atoms with Crippen LogP contribution in [0, 0.1) is 0 Å². The lowest BCUT2D eigenvalue weighted by molar-refractivity contribution is -0.133. The molecule has 0 aromatic rings. The van der Waals surface area contributed by atoms with Crippen molar-refractivity contribution in [3.05, 3.63) is 0 Å².